The lowest BCUT2D eigenvalue weighted by Crippen LogP contribution is -2.38. The maximum atomic E-state index is 14.6. The van der Waals surface area contributed by atoms with Gasteiger partial charge in [-0.1, -0.05) is 6.08 Å². The summed E-state index contributed by atoms with van der Waals surface area (Å²) in [7, 11) is 0. The lowest BCUT2D eigenvalue weighted by Gasteiger charge is -2.30. The molecule has 1 saturated heterocycles. The maximum absolute atomic E-state index is 14.6. The van der Waals surface area contributed by atoms with Crippen LogP contribution in [0, 0.1) is 11.8 Å². The summed E-state index contributed by atoms with van der Waals surface area (Å²) in [5.74, 6) is -2.93. The number of halogens is 2. The Kier molecular flexibility index (Phi) is 3.94. The van der Waals surface area contributed by atoms with Gasteiger partial charge in [0, 0.05) is 48.8 Å². The zero-order chi connectivity index (χ0) is 20.6. The van der Waals surface area contributed by atoms with Gasteiger partial charge in [0.1, 0.15) is 11.5 Å². The molecule has 9 heteroatoms. The van der Waals surface area contributed by atoms with Gasteiger partial charge in [-0.25, -0.2) is 4.98 Å². The summed E-state index contributed by atoms with van der Waals surface area (Å²) in [6.07, 6.45) is 4.01. The number of hydrogen-bond donors (Lipinski definition) is 2. The van der Waals surface area contributed by atoms with Crippen LogP contribution in [0.15, 0.2) is 11.8 Å². The van der Waals surface area contributed by atoms with Gasteiger partial charge in [-0.15, -0.1) is 0 Å². The Balaban J connectivity index is 1.50. The van der Waals surface area contributed by atoms with Gasteiger partial charge in [-0.05, 0) is 32.1 Å². The fourth-order valence-electron chi connectivity index (χ4n) is 5.36. The maximum Gasteiger partial charge on any atom is 0.303 e. The molecule has 4 aliphatic rings. The summed E-state index contributed by atoms with van der Waals surface area (Å²) in [5.41, 5.74) is 7.21. The average Bonchev–Trinajstić information content (AvgIpc) is 2.94. The second kappa shape index (κ2) is 6.10. The Hall–Kier alpha value is -2.29. The van der Waals surface area contributed by atoms with E-state index in [9.17, 15) is 13.6 Å². The smallest absolute Gasteiger partial charge is 0.303 e. The molecular weight excluding hydrogens is 380 g/mol. The zero-order valence-corrected chi connectivity index (χ0v) is 16.4. The zero-order valence-electron chi connectivity index (χ0n) is 16.4. The Labute approximate surface area is 167 Å². The summed E-state index contributed by atoms with van der Waals surface area (Å²) in [4.78, 5) is 24.0. The molecule has 2 aliphatic heterocycles. The quantitative estimate of drug-likeness (QED) is 0.793. The molecule has 3 heterocycles. The molecule has 5 rings (SSSR count). The molecule has 3 unspecified atom stereocenters. The first kappa shape index (κ1) is 18.7. The number of aliphatic carboxylic acids is 1. The number of carbonyl (C=O) groups is 1. The summed E-state index contributed by atoms with van der Waals surface area (Å²) in [6.45, 7) is 3.65. The third kappa shape index (κ3) is 2.81. The molecule has 2 aliphatic carbocycles. The van der Waals surface area contributed by atoms with Crippen LogP contribution in [0.3, 0.4) is 0 Å². The summed E-state index contributed by atoms with van der Waals surface area (Å²) in [5, 5.41) is 9.08. The standard InChI is InChI=1S/C20H25F2N5O2/c1-11-4-2-3-7-27(11)18-24-16-12(5-6-20(16,21)22)17(25-18)26-9-14-13(8-15(28)29)19(14,23)10-26/h4,13-14H,2-3,5-10,23H2,1H3,(H,28,29). The molecule has 29 heavy (non-hydrogen) atoms. The van der Waals surface area contributed by atoms with Gasteiger partial charge in [0.15, 0.2) is 0 Å². The second-order valence-corrected chi connectivity index (χ2v) is 8.82. The SMILES string of the molecule is CC1=CCCCN1c1nc(N2CC3C(CC(=O)O)C3(N)C2)c2c(n1)C(F)(F)CC2. The van der Waals surface area contributed by atoms with E-state index in [-0.39, 0.29) is 36.8 Å². The van der Waals surface area contributed by atoms with Crippen LogP contribution in [0.1, 0.15) is 43.9 Å². The van der Waals surface area contributed by atoms with E-state index in [1.807, 2.05) is 16.7 Å². The van der Waals surface area contributed by atoms with Crippen LogP contribution in [0.25, 0.3) is 0 Å². The Morgan fingerprint density at radius 2 is 2.21 bits per heavy atom. The first-order valence-electron chi connectivity index (χ1n) is 10.2. The number of carboxylic acids is 1. The number of alkyl halides is 2. The molecule has 0 radical (unpaired) electrons. The van der Waals surface area contributed by atoms with Crippen LogP contribution in [0.5, 0.6) is 0 Å². The van der Waals surface area contributed by atoms with Crippen LogP contribution < -0.4 is 15.5 Å². The number of rotatable bonds is 4. The number of nitrogens with zero attached hydrogens (tertiary/aromatic N) is 4. The summed E-state index contributed by atoms with van der Waals surface area (Å²) in [6, 6.07) is 0. The Bertz CT molecular complexity index is 920. The summed E-state index contributed by atoms with van der Waals surface area (Å²) >= 11 is 0. The minimum Gasteiger partial charge on any atom is -0.481 e. The van der Waals surface area contributed by atoms with Gasteiger partial charge in [0.05, 0.1) is 6.42 Å². The molecule has 1 aromatic heterocycles. The monoisotopic (exact) mass is 405 g/mol. The van der Waals surface area contributed by atoms with Crippen molar-refractivity contribution in [1.29, 1.82) is 0 Å². The minimum atomic E-state index is -2.95. The first-order valence-corrected chi connectivity index (χ1v) is 10.2. The molecular formula is C20H25F2N5O2. The largest absolute Gasteiger partial charge is 0.481 e. The number of piperidine rings is 1. The van der Waals surface area contributed by atoms with Crippen LogP contribution in [0.4, 0.5) is 20.5 Å². The van der Waals surface area contributed by atoms with Crippen molar-refractivity contribution in [3.8, 4) is 0 Å². The number of carboxylic acid groups (broad SMARTS) is 1. The van der Waals surface area contributed by atoms with Gasteiger partial charge >= 0.3 is 5.97 Å². The second-order valence-electron chi connectivity index (χ2n) is 8.82. The van der Waals surface area contributed by atoms with Gasteiger partial charge < -0.3 is 20.6 Å². The molecule has 7 nitrogen and oxygen atoms in total. The summed E-state index contributed by atoms with van der Waals surface area (Å²) < 4.78 is 29.2. The van der Waals surface area contributed by atoms with Crippen molar-refractivity contribution in [2.24, 2.45) is 17.6 Å². The van der Waals surface area contributed by atoms with Crippen molar-refractivity contribution in [2.45, 2.75) is 50.5 Å². The predicted octanol–water partition coefficient (Wildman–Crippen LogP) is 2.26. The van der Waals surface area contributed by atoms with E-state index in [2.05, 4.69) is 11.1 Å². The molecule has 3 atom stereocenters. The van der Waals surface area contributed by atoms with Crippen LogP contribution >= 0.6 is 0 Å². The van der Waals surface area contributed by atoms with Crippen molar-refractivity contribution in [2.75, 3.05) is 29.4 Å². The first-order chi connectivity index (χ1) is 13.7. The van der Waals surface area contributed by atoms with E-state index in [0.717, 1.165) is 18.5 Å². The van der Waals surface area contributed by atoms with Crippen LogP contribution in [-0.2, 0) is 17.1 Å². The number of nitrogens with two attached hydrogens (primary N) is 1. The van der Waals surface area contributed by atoms with Crippen LogP contribution in [0.2, 0.25) is 0 Å². The molecule has 0 spiro atoms. The fraction of sp³-hybridized carbons (Fsp3) is 0.650. The normalized spacial score (nSPS) is 32.1. The van der Waals surface area contributed by atoms with Crippen LogP contribution in [-0.4, -0.2) is 46.2 Å². The lowest BCUT2D eigenvalue weighted by molar-refractivity contribution is -0.137. The van der Waals surface area contributed by atoms with Crippen molar-refractivity contribution in [3.63, 3.8) is 0 Å². The van der Waals surface area contributed by atoms with Gasteiger partial charge in [-0.3, -0.25) is 4.79 Å². The molecule has 1 saturated carbocycles. The molecule has 3 N–H and O–H groups in total. The fourth-order valence-corrected chi connectivity index (χ4v) is 5.36. The number of aromatic nitrogens is 2. The Morgan fingerprint density at radius 1 is 1.41 bits per heavy atom. The number of fused-ring (bicyclic) bond motifs is 2. The number of anilines is 2. The highest BCUT2D eigenvalue weighted by Crippen LogP contribution is 2.57. The average molecular weight is 405 g/mol. The highest BCUT2D eigenvalue weighted by atomic mass is 19.3. The van der Waals surface area contributed by atoms with E-state index in [1.165, 1.54) is 0 Å². The topological polar surface area (TPSA) is 95.6 Å². The van der Waals surface area contributed by atoms with E-state index in [4.69, 9.17) is 15.8 Å². The van der Waals surface area contributed by atoms with Gasteiger partial charge in [0.25, 0.3) is 5.92 Å². The van der Waals surface area contributed by atoms with Gasteiger partial charge in [-0.2, -0.15) is 13.8 Å². The third-order valence-electron chi connectivity index (χ3n) is 7.03. The molecule has 156 valence electrons. The lowest BCUT2D eigenvalue weighted by atomic mass is 10.1. The predicted molar refractivity (Wildman–Crippen MR) is 103 cm³/mol. The minimum absolute atomic E-state index is 0.0535. The van der Waals surface area contributed by atoms with Crippen molar-refractivity contribution < 1.29 is 18.7 Å². The van der Waals surface area contributed by atoms with Gasteiger partial charge in [0.2, 0.25) is 5.95 Å². The number of allylic oxidation sites excluding steroid dienone is 2. The molecule has 1 aromatic rings. The highest BCUT2D eigenvalue weighted by Gasteiger charge is 2.67. The van der Waals surface area contributed by atoms with Crippen molar-refractivity contribution >= 4 is 17.7 Å². The van der Waals surface area contributed by atoms with E-state index >= 15 is 0 Å². The molecule has 0 amide bonds. The van der Waals surface area contributed by atoms with E-state index in [0.29, 0.717) is 37.0 Å². The van der Waals surface area contributed by atoms with Crippen molar-refractivity contribution in [1.82, 2.24) is 9.97 Å². The van der Waals surface area contributed by atoms with Crippen molar-refractivity contribution in [3.05, 3.63) is 23.0 Å². The highest BCUT2D eigenvalue weighted by molar-refractivity contribution is 5.69. The molecule has 0 aromatic carbocycles. The molecule has 0 bridgehead atoms. The number of hydrogen-bond acceptors (Lipinski definition) is 6. The van der Waals surface area contributed by atoms with E-state index < -0.39 is 17.4 Å². The third-order valence-corrected chi connectivity index (χ3v) is 7.03. The van der Waals surface area contributed by atoms with E-state index in [1.54, 1.807) is 0 Å². The molecule has 2 fully saturated rings. The Morgan fingerprint density at radius 3 is 2.86 bits per heavy atom.